The van der Waals surface area contributed by atoms with Gasteiger partial charge >= 0.3 is 0 Å². The highest BCUT2D eigenvalue weighted by Crippen LogP contribution is 2.28. The molecule has 80 valence electrons. The smallest absolute Gasteiger partial charge is 0.229 e. The van der Waals surface area contributed by atoms with Gasteiger partial charge in [0, 0.05) is 18.2 Å². The first-order valence-corrected chi connectivity index (χ1v) is 5.48. The number of amides is 1. The summed E-state index contributed by atoms with van der Waals surface area (Å²) in [6.45, 7) is 7.01. The molecule has 1 atom stereocenters. The topological polar surface area (TPSA) is 20.3 Å². The Labute approximate surface area is 90.9 Å². The summed E-state index contributed by atoms with van der Waals surface area (Å²) in [7, 11) is 0. The van der Waals surface area contributed by atoms with Crippen LogP contribution in [0.1, 0.15) is 24.5 Å². The Morgan fingerprint density at radius 2 is 2.07 bits per heavy atom. The maximum absolute atomic E-state index is 11.9. The number of rotatable bonds is 1. The molecule has 15 heavy (non-hydrogen) atoms. The van der Waals surface area contributed by atoms with Crippen LogP contribution in [0.5, 0.6) is 0 Å². The molecule has 1 aliphatic heterocycles. The van der Waals surface area contributed by atoms with E-state index in [1.807, 2.05) is 11.8 Å². The second-order valence-electron chi connectivity index (χ2n) is 4.47. The molecule has 2 nitrogen and oxygen atoms in total. The van der Waals surface area contributed by atoms with Crippen LogP contribution in [0.4, 0.5) is 5.69 Å². The number of aryl methyl sites for hydroxylation is 2. The van der Waals surface area contributed by atoms with Crippen molar-refractivity contribution in [2.45, 2.75) is 27.2 Å². The molecule has 0 saturated carbocycles. The van der Waals surface area contributed by atoms with Crippen molar-refractivity contribution in [1.82, 2.24) is 0 Å². The van der Waals surface area contributed by atoms with Gasteiger partial charge in [-0.3, -0.25) is 4.79 Å². The third-order valence-electron chi connectivity index (χ3n) is 3.12. The molecule has 1 aromatic carbocycles. The van der Waals surface area contributed by atoms with Gasteiger partial charge < -0.3 is 4.90 Å². The number of anilines is 1. The molecule has 1 unspecified atom stereocenters. The number of hydrogen-bond acceptors (Lipinski definition) is 1. The summed E-state index contributed by atoms with van der Waals surface area (Å²) in [5.41, 5.74) is 3.52. The van der Waals surface area contributed by atoms with E-state index < -0.39 is 0 Å². The largest absolute Gasteiger partial charge is 0.312 e. The van der Waals surface area contributed by atoms with Crippen LogP contribution in [0.15, 0.2) is 18.2 Å². The van der Waals surface area contributed by atoms with Crippen molar-refractivity contribution in [3.8, 4) is 0 Å². The van der Waals surface area contributed by atoms with E-state index in [-0.39, 0.29) is 11.8 Å². The van der Waals surface area contributed by atoms with Crippen molar-refractivity contribution in [2.24, 2.45) is 5.92 Å². The number of benzene rings is 1. The van der Waals surface area contributed by atoms with Crippen molar-refractivity contribution in [3.63, 3.8) is 0 Å². The van der Waals surface area contributed by atoms with Crippen molar-refractivity contribution < 1.29 is 4.79 Å². The Balaban J connectivity index is 2.34. The van der Waals surface area contributed by atoms with Gasteiger partial charge in [0.15, 0.2) is 0 Å². The molecule has 1 amide bonds. The Bertz CT molecular complexity index is 398. The van der Waals surface area contributed by atoms with Gasteiger partial charge in [-0.15, -0.1) is 0 Å². The van der Waals surface area contributed by atoms with Gasteiger partial charge in [-0.25, -0.2) is 0 Å². The Hall–Kier alpha value is -1.31. The quantitative estimate of drug-likeness (QED) is 0.687. The standard InChI is InChI=1S/C13H17NO/c1-9-4-5-12(11(3)8-9)14-7-6-10(2)13(14)15/h4-5,8,10H,6-7H2,1-3H3. The van der Waals surface area contributed by atoms with E-state index in [1.54, 1.807) is 0 Å². The zero-order valence-electron chi connectivity index (χ0n) is 9.58. The highest BCUT2D eigenvalue weighted by molar-refractivity contribution is 5.97. The van der Waals surface area contributed by atoms with Gasteiger partial charge in [-0.05, 0) is 31.9 Å². The summed E-state index contributed by atoms with van der Waals surface area (Å²) in [6, 6.07) is 6.25. The summed E-state index contributed by atoms with van der Waals surface area (Å²) < 4.78 is 0. The summed E-state index contributed by atoms with van der Waals surface area (Å²) in [5, 5.41) is 0. The van der Waals surface area contributed by atoms with Crippen molar-refractivity contribution in [1.29, 1.82) is 0 Å². The highest BCUT2D eigenvalue weighted by atomic mass is 16.2. The first-order valence-electron chi connectivity index (χ1n) is 5.48. The monoisotopic (exact) mass is 203 g/mol. The first kappa shape index (κ1) is 10.2. The van der Waals surface area contributed by atoms with Gasteiger partial charge in [-0.1, -0.05) is 24.6 Å². The normalized spacial score (nSPS) is 21.1. The third kappa shape index (κ3) is 1.76. The van der Waals surface area contributed by atoms with E-state index >= 15 is 0 Å². The molecular formula is C13H17NO. The summed E-state index contributed by atoms with van der Waals surface area (Å²) >= 11 is 0. The van der Waals surface area contributed by atoms with E-state index in [0.29, 0.717) is 0 Å². The SMILES string of the molecule is Cc1ccc(N2CCC(C)C2=O)c(C)c1. The lowest BCUT2D eigenvalue weighted by Crippen LogP contribution is -2.26. The van der Waals surface area contributed by atoms with E-state index in [1.165, 1.54) is 11.1 Å². The van der Waals surface area contributed by atoms with Gasteiger partial charge in [0.2, 0.25) is 5.91 Å². The van der Waals surface area contributed by atoms with Crippen LogP contribution < -0.4 is 4.90 Å². The fourth-order valence-corrected chi connectivity index (χ4v) is 2.17. The second-order valence-corrected chi connectivity index (χ2v) is 4.47. The molecule has 2 heteroatoms. The Morgan fingerprint density at radius 3 is 2.60 bits per heavy atom. The van der Waals surface area contributed by atoms with Crippen molar-refractivity contribution in [2.75, 3.05) is 11.4 Å². The average Bonchev–Trinajstić information content (AvgIpc) is 2.49. The number of hydrogen-bond donors (Lipinski definition) is 0. The molecule has 0 N–H and O–H groups in total. The number of carbonyl (C=O) groups excluding carboxylic acids is 1. The molecule has 0 bridgehead atoms. The molecule has 1 heterocycles. The van der Waals surface area contributed by atoms with E-state index in [4.69, 9.17) is 0 Å². The maximum Gasteiger partial charge on any atom is 0.229 e. The molecule has 1 aliphatic rings. The van der Waals surface area contributed by atoms with Crippen LogP contribution in [0.25, 0.3) is 0 Å². The van der Waals surface area contributed by atoms with Crippen LogP contribution in [-0.2, 0) is 4.79 Å². The molecule has 0 aromatic heterocycles. The summed E-state index contributed by atoms with van der Waals surface area (Å²) in [5.74, 6) is 0.452. The first-order chi connectivity index (χ1) is 7.09. The van der Waals surface area contributed by atoms with Crippen LogP contribution in [0, 0.1) is 19.8 Å². The fraction of sp³-hybridized carbons (Fsp3) is 0.462. The lowest BCUT2D eigenvalue weighted by atomic mass is 10.1. The predicted octanol–water partition coefficient (Wildman–Crippen LogP) is 2.68. The van der Waals surface area contributed by atoms with Crippen LogP contribution in [0.3, 0.4) is 0 Å². The lowest BCUT2D eigenvalue weighted by Gasteiger charge is -2.19. The minimum atomic E-state index is 0.186. The van der Waals surface area contributed by atoms with E-state index in [2.05, 4.69) is 32.0 Å². The molecule has 1 aromatic rings. The Kier molecular flexibility index (Phi) is 2.51. The molecule has 0 radical (unpaired) electrons. The molecule has 0 aliphatic carbocycles. The predicted molar refractivity (Wildman–Crippen MR) is 62.1 cm³/mol. The molecule has 1 fully saturated rings. The Morgan fingerprint density at radius 1 is 1.33 bits per heavy atom. The second kappa shape index (κ2) is 3.69. The van der Waals surface area contributed by atoms with E-state index in [9.17, 15) is 4.79 Å². The molecule has 0 spiro atoms. The molecular weight excluding hydrogens is 186 g/mol. The van der Waals surface area contributed by atoms with Gasteiger partial charge in [0.25, 0.3) is 0 Å². The molecule has 2 rings (SSSR count). The van der Waals surface area contributed by atoms with Crippen LogP contribution >= 0.6 is 0 Å². The zero-order chi connectivity index (χ0) is 11.0. The number of carbonyl (C=O) groups is 1. The third-order valence-corrected chi connectivity index (χ3v) is 3.12. The highest BCUT2D eigenvalue weighted by Gasteiger charge is 2.29. The summed E-state index contributed by atoms with van der Waals surface area (Å²) in [4.78, 5) is 13.8. The lowest BCUT2D eigenvalue weighted by molar-refractivity contribution is -0.119. The maximum atomic E-state index is 11.9. The zero-order valence-corrected chi connectivity index (χ0v) is 9.58. The van der Waals surface area contributed by atoms with Gasteiger partial charge in [0.1, 0.15) is 0 Å². The van der Waals surface area contributed by atoms with Crippen LogP contribution in [0.2, 0.25) is 0 Å². The van der Waals surface area contributed by atoms with E-state index in [0.717, 1.165) is 18.7 Å². The van der Waals surface area contributed by atoms with Crippen molar-refractivity contribution >= 4 is 11.6 Å². The van der Waals surface area contributed by atoms with Crippen LogP contribution in [-0.4, -0.2) is 12.5 Å². The van der Waals surface area contributed by atoms with Gasteiger partial charge in [-0.2, -0.15) is 0 Å². The molecule has 1 saturated heterocycles. The van der Waals surface area contributed by atoms with Crippen molar-refractivity contribution in [3.05, 3.63) is 29.3 Å². The minimum Gasteiger partial charge on any atom is -0.312 e. The fourth-order valence-electron chi connectivity index (χ4n) is 2.17. The number of nitrogens with zero attached hydrogens (tertiary/aromatic N) is 1. The summed E-state index contributed by atoms with van der Waals surface area (Å²) in [6.07, 6.45) is 0.978. The average molecular weight is 203 g/mol. The van der Waals surface area contributed by atoms with Gasteiger partial charge in [0.05, 0.1) is 0 Å². The minimum absolute atomic E-state index is 0.186.